The van der Waals surface area contributed by atoms with Crippen LogP contribution >= 0.6 is 0 Å². The number of ether oxygens (including phenoxy) is 1. The predicted molar refractivity (Wildman–Crippen MR) is 100 cm³/mol. The van der Waals surface area contributed by atoms with Crippen molar-refractivity contribution in [2.45, 2.75) is 18.1 Å². The largest absolute Gasteiger partial charge is 0.395 e. The Morgan fingerprint density at radius 2 is 1.89 bits per heavy atom. The van der Waals surface area contributed by atoms with Gasteiger partial charge < -0.3 is 25.2 Å². The van der Waals surface area contributed by atoms with Gasteiger partial charge in [0.15, 0.2) is 0 Å². The van der Waals surface area contributed by atoms with Crippen LogP contribution in [0.5, 0.6) is 0 Å². The van der Waals surface area contributed by atoms with Crippen LogP contribution < -0.4 is 5.32 Å². The molecule has 0 aliphatic carbocycles. The Morgan fingerprint density at radius 3 is 2.48 bits per heavy atom. The van der Waals surface area contributed by atoms with Crippen LogP contribution in [0.3, 0.4) is 0 Å². The van der Waals surface area contributed by atoms with Crippen molar-refractivity contribution in [2.24, 2.45) is 5.41 Å². The molecule has 7 nitrogen and oxygen atoms in total. The third kappa shape index (κ3) is 3.28. The Morgan fingerprint density at radius 1 is 1.19 bits per heavy atom. The van der Waals surface area contributed by atoms with Crippen molar-refractivity contribution in [1.29, 1.82) is 0 Å². The van der Waals surface area contributed by atoms with E-state index in [1.54, 1.807) is 0 Å². The first-order chi connectivity index (χ1) is 13.1. The number of nitrogens with zero attached hydrogens (tertiary/aromatic N) is 2. The zero-order valence-electron chi connectivity index (χ0n) is 15.6. The summed E-state index contributed by atoms with van der Waals surface area (Å²) < 4.78 is 5.49. The maximum atomic E-state index is 13.1. The molecule has 3 aliphatic heterocycles. The van der Waals surface area contributed by atoms with Crippen molar-refractivity contribution in [3.05, 3.63) is 35.9 Å². The number of likely N-dealkylation sites (tertiary alicyclic amines) is 1. The van der Waals surface area contributed by atoms with Crippen molar-refractivity contribution >= 4 is 5.91 Å². The van der Waals surface area contributed by atoms with E-state index in [1.165, 1.54) is 0 Å². The number of piperidine rings is 1. The minimum Gasteiger partial charge on any atom is -0.395 e. The smallest absolute Gasteiger partial charge is 0.233 e. The van der Waals surface area contributed by atoms with E-state index in [-0.39, 0.29) is 18.6 Å². The summed E-state index contributed by atoms with van der Waals surface area (Å²) in [6.45, 7) is 4.62. The highest BCUT2D eigenvalue weighted by Crippen LogP contribution is 2.38. The standard InChI is InChI=1S/C20H29N3O4/c24-15-19(13-21-14-19)18(25)23-7-6-20(26,16-4-2-1-3-5-16)17(12-23)22-8-10-27-11-9-22/h1-5,17,21,24,26H,6-15H2/t17-,20+/m1/s1. The number of aliphatic hydroxyl groups excluding tert-OH is 1. The van der Waals surface area contributed by atoms with Gasteiger partial charge >= 0.3 is 0 Å². The Balaban J connectivity index is 1.60. The van der Waals surface area contributed by atoms with Gasteiger partial charge in [-0.2, -0.15) is 0 Å². The fourth-order valence-corrected chi connectivity index (χ4v) is 4.57. The fourth-order valence-electron chi connectivity index (χ4n) is 4.57. The quantitative estimate of drug-likeness (QED) is 0.651. The molecule has 3 aliphatic rings. The summed E-state index contributed by atoms with van der Waals surface area (Å²) >= 11 is 0. The molecule has 3 heterocycles. The summed E-state index contributed by atoms with van der Waals surface area (Å²) in [7, 11) is 0. The van der Waals surface area contributed by atoms with Gasteiger partial charge in [0.2, 0.25) is 5.91 Å². The summed E-state index contributed by atoms with van der Waals surface area (Å²) in [6, 6.07) is 9.59. The van der Waals surface area contributed by atoms with Crippen LogP contribution in [0.1, 0.15) is 12.0 Å². The molecule has 3 N–H and O–H groups in total. The van der Waals surface area contributed by atoms with Crippen molar-refractivity contribution in [3.63, 3.8) is 0 Å². The SMILES string of the molecule is O=C(N1CC[C@](O)(c2ccccc2)[C@H](N2CCOCC2)C1)C1(CO)CNC1. The van der Waals surface area contributed by atoms with Crippen LogP contribution in [0, 0.1) is 5.41 Å². The number of hydrogen-bond acceptors (Lipinski definition) is 6. The van der Waals surface area contributed by atoms with Gasteiger partial charge in [-0.15, -0.1) is 0 Å². The molecule has 0 saturated carbocycles. The predicted octanol–water partition coefficient (Wildman–Crippen LogP) is -0.611. The average molecular weight is 375 g/mol. The lowest BCUT2D eigenvalue weighted by Gasteiger charge is -2.52. The molecule has 0 radical (unpaired) electrons. The Hall–Kier alpha value is -1.51. The van der Waals surface area contributed by atoms with Gasteiger partial charge in [-0.25, -0.2) is 0 Å². The van der Waals surface area contributed by atoms with Crippen molar-refractivity contribution in [2.75, 3.05) is 59.1 Å². The van der Waals surface area contributed by atoms with Gasteiger partial charge in [0.25, 0.3) is 0 Å². The van der Waals surface area contributed by atoms with E-state index in [9.17, 15) is 15.0 Å². The minimum atomic E-state index is -1.00. The summed E-state index contributed by atoms with van der Waals surface area (Å²) in [5.74, 6) is -0.00267. The minimum absolute atomic E-state index is 0.00267. The molecule has 2 atom stereocenters. The first kappa shape index (κ1) is 18.8. The van der Waals surface area contributed by atoms with Gasteiger partial charge in [-0.05, 0) is 12.0 Å². The summed E-state index contributed by atoms with van der Waals surface area (Å²) in [4.78, 5) is 17.2. The van der Waals surface area contributed by atoms with E-state index >= 15 is 0 Å². The summed E-state index contributed by atoms with van der Waals surface area (Å²) in [5, 5.41) is 24.6. The third-order valence-electron chi connectivity index (χ3n) is 6.44. The number of hydrogen-bond donors (Lipinski definition) is 3. The molecule has 3 saturated heterocycles. The maximum Gasteiger partial charge on any atom is 0.233 e. The van der Waals surface area contributed by atoms with Crippen LogP contribution in [0.4, 0.5) is 0 Å². The highest BCUT2D eigenvalue weighted by Gasteiger charge is 2.51. The van der Waals surface area contributed by atoms with Crippen LogP contribution in [0.2, 0.25) is 0 Å². The average Bonchev–Trinajstić information content (AvgIpc) is 2.69. The molecule has 0 spiro atoms. The second-order valence-corrected chi connectivity index (χ2v) is 8.00. The van der Waals surface area contributed by atoms with E-state index < -0.39 is 11.0 Å². The molecular formula is C20H29N3O4. The molecule has 0 aromatic heterocycles. The van der Waals surface area contributed by atoms with Gasteiger partial charge in [-0.1, -0.05) is 30.3 Å². The van der Waals surface area contributed by atoms with Crippen LogP contribution in [0.25, 0.3) is 0 Å². The third-order valence-corrected chi connectivity index (χ3v) is 6.44. The Labute approximate surface area is 159 Å². The number of benzene rings is 1. The van der Waals surface area contributed by atoms with Crippen LogP contribution in [0.15, 0.2) is 30.3 Å². The summed E-state index contributed by atoms with van der Waals surface area (Å²) in [6.07, 6.45) is 0.486. The van der Waals surface area contributed by atoms with E-state index in [0.717, 1.165) is 18.7 Å². The first-order valence-corrected chi connectivity index (χ1v) is 9.80. The summed E-state index contributed by atoms with van der Waals surface area (Å²) in [5.41, 5.74) is -0.798. The van der Waals surface area contributed by atoms with Crippen molar-refractivity contribution in [3.8, 4) is 0 Å². The Kier molecular flexibility index (Phi) is 5.22. The van der Waals surface area contributed by atoms with Gasteiger partial charge in [0, 0.05) is 39.3 Å². The number of carbonyl (C=O) groups excluding carboxylic acids is 1. The molecule has 148 valence electrons. The second kappa shape index (κ2) is 7.48. The number of aliphatic hydroxyl groups is 2. The molecule has 27 heavy (non-hydrogen) atoms. The van der Waals surface area contributed by atoms with Crippen molar-refractivity contribution in [1.82, 2.24) is 15.1 Å². The molecule has 1 aromatic rings. The topological polar surface area (TPSA) is 85.3 Å². The van der Waals surface area contributed by atoms with Crippen molar-refractivity contribution < 1.29 is 19.7 Å². The molecule has 0 bridgehead atoms. The zero-order chi connectivity index (χ0) is 18.9. The number of morpholine rings is 1. The molecule has 0 unspecified atom stereocenters. The van der Waals surface area contributed by atoms with Gasteiger partial charge in [0.05, 0.1) is 31.3 Å². The Bertz CT molecular complexity index is 655. The maximum absolute atomic E-state index is 13.1. The fraction of sp³-hybridized carbons (Fsp3) is 0.650. The lowest BCUT2D eigenvalue weighted by Crippen LogP contribution is -2.68. The van der Waals surface area contributed by atoms with Gasteiger partial charge in [-0.3, -0.25) is 9.69 Å². The van der Waals surface area contributed by atoms with Crippen LogP contribution in [-0.2, 0) is 15.1 Å². The molecule has 7 heteroatoms. The van der Waals surface area contributed by atoms with E-state index in [1.807, 2.05) is 35.2 Å². The normalized spacial score (nSPS) is 31.3. The first-order valence-electron chi connectivity index (χ1n) is 9.80. The molecular weight excluding hydrogens is 346 g/mol. The molecule has 1 amide bonds. The number of rotatable bonds is 4. The highest BCUT2D eigenvalue weighted by atomic mass is 16.5. The number of carbonyl (C=O) groups is 1. The van der Waals surface area contributed by atoms with Gasteiger partial charge in [0.1, 0.15) is 5.60 Å². The lowest BCUT2D eigenvalue weighted by atomic mass is 9.76. The monoisotopic (exact) mass is 375 g/mol. The number of amides is 1. The van der Waals surface area contributed by atoms with E-state index in [4.69, 9.17) is 4.74 Å². The molecule has 3 fully saturated rings. The van der Waals surface area contributed by atoms with Crippen LogP contribution in [-0.4, -0.2) is 91.1 Å². The second-order valence-electron chi connectivity index (χ2n) is 8.00. The molecule has 4 rings (SSSR count). The van der Waals surface area contributed by atoms with E-state index in [2.05, 4.69) is 10.2 Å². The highest BCUT2D eigenvalue weighted by molar-refractivity contribution is 5.84. The number of nitrogens with one attached hydrogen (secondary N) is 1. The lowest BCUT2D eigenvalue weighted by molar-refractivity contribution is -0.162. The zero-order valence-corrected chi connectivity index (χ0v) is 15.6. The van der Waals surface area contributed by atoms with E-state index in [0.29, 0.717) is 45.8 Å². The molecule has 1 aromatic carbocycles.